The Morgan fingerprint density at radius 3 is 2.65 bits per heavy atom. The smallest absolute Gasteiger partial charge is 0.0797 e. The maximum absolute atomic E-state index is 6.07. The number of benzene rings is 1. The van der Waals surface area contributed by atoms with Gasteiger partial charge in [-0.05, 0) is 31.2 Å². The van der Waals surface area contributed by atoms with Crippen molar-refractivity contribution in [1.82, 2.24) is 4.98 Å². The highest BCUT2D eigenvalue weighted by atomic mass is 35.5. The Morgan fingerprint density at radius 2 is 2.06 bits per heavy atom. The molecule has 0 saturated heterocycles. The fraction of sp³-hybridized carbons (Fsp3) is 0.357. The van der Waals surface area contributed by atoms with Crippen molar-refractivity contribution in [1.29, 1.82) is 0 Å². The van der Waals surface area contributed by atoms with Crippen LogP contribution in [0, 0.1) is 6.92 Å². The molecular weight excluding hydrogens is 250 g/mol. The molecule has 1 atom stereocenters. The van der Waals surface area contributed by atoms with Crippen LogP contribution in [0.5, 0.6) is 0 Å². The summed E-state index contributed by atoms with van der Waals surface area (Å²) in [5, 5.41) is 0. The SMILES string of the molecule is Cc1ncsc1CCC(CCl)c1ccccc1. The van der Waals surface area contributed by atoms with E-state index in [-0.39, 0.29) is 0 Å². The van der Waals surface area contributed by atoms with Crippen molar-refractivity contribution >= 4 is 22.9 Å². The summed E-state index contributed by atoms with van der Waals surface area (Å²) in [7, 11) is 0. The number of halogens is 1. The van der Waals surface area contributed by atoms with Crippen LogP contribution in [0.1, 0.15) is 28.5 Å². The molecule has 0 spiro atoms. The fourth-order valence-electron chi connectivity index (χ4n) is 1.93. The zero-order valence-electron chi connectivity index (χ0n) is 9.90. The van der Waals surface area contributed by atoms with E-state index in [1.807, 2.05) is 11.6 Å². The molecule has 0 radical (unpaired) electrons. The van der Waals surface area contributed by atoms with Crippen LogP contribution in [-0.4, -0.2) is 10.9 Å². The zero-order chi connectivity index (χ0) is 12.1. The number of rotatable bonds is 5. The van der Waals surface area contributed by atoms with Crippen LogP contribution < -0.4 is 0 Å². The van der Waals surface area contributed by atoms with E-state index in [9.17, 15) is 0 Å². The molecular formula is C14H16ClNS. The minimum atomic E-state index is 0.444. The lowest BCUT2D eigenvalue weighted by atomic mass is 9.95. The molecule has 0 fully saturated rings. The predicted octanol–water partition coefficient (Wildman–Crippen LogP) is 4.41. The predicted molar refractivity (Wildman–Crippen MR) is 75.1 cm³/mol. The van der Waals surface area contributed by atoms with E-state index in [1.54, 1.807) is 11.3 Å². The van der Waals surface area contributed by atoms with Crippen molar-refractivity contribution in [3.05, 3.63) is 52.0 Å². The van der Waals surface area contributed by atoms with Crippen molar-refractivity contribution in [2.24, 2.45) is 0 Å². The largest absolute Gasteiger partial charge is 0.250 e. The van der Waals surface area contributed by atoms with E-state index >= 15 is 0 Å². The van der Waals surface area contributed by atoms with Gasteiger partial charge in [-0.1, -0.05) is 30.3 Å². The summed E-state index contributed by atoms with van der Waals surface area (Å²) in [4.78, 5) is 5.66. The molecule has 2 rings (SSSR count). The van der Waals surface area contributed by atoms with Gasteiger partial charge in [0.2, 0.25) is 0 Å². The van der Waals surface area contributed by atoms with E-state index in [0.717, 1.165) is 18.5 Å². The maximum Gasteiger partial charge on any atom is 0.0797 e. The standard InChI is InChI=1S/C14H16ClNS/c1-11-14(17-10-16-11)8-7-13(9-15)12-5-3-2-4-6-12/h2-6,10,13H,7-9H2,1H3. The topological polar surface area (TPSA) is 12.9 Å². The molecule has 0 aliphatic carbocycles. The molecule has 1 nitrogen and oxygen atoms in total. The molecule has 0 saturated carbocycles. The van der Waals surface area contributed by atoms with Gasteiger partial charge in [0.1, 0.15) is 0 Å². The van der Waals surface area contributed by atoms with Gasteiger partial charge in [-0.3, -0.25) is 0 Å². The van der Waals surface area contributed by atoms with Crippen molar-refractivity contribution in [2.45, 2.75) is 25.7 Å². The molecule has 0 bridgehead atoms. The summed E-state index contributed by atoms with van der Waals surface area (Å²) >= 11 is 7.81. The van der Waals surface area contributed by atoms with Crippen molar-refractivity contribution < 1.29 is 0 Å². The minimum absolute atomic E-state index is 0.444. The zero-order valence-corrected chi connectivity index (χ0v) is 11.5. The first kappa shape index (κ1) is 12.6. The Bertz CT molecular complexity index is 452. The van der Waals surface area contributed by atoms with Crippen LogP contribution in [0.2, 0.25) is 0 Å². The van der Waals surface area contributed by atoms with Crippen molar-refractivity contribution in [3.63, 3.8) is 0 Å². The fourth-order valence-corrected chi connectivity index (χ4v) is 3.06. The van der Waals surface area contributed by atoms with Crippen LogP contribution >= 0.6 is 22.9 Å². The van der Waals surface area contributed by atoms with E-state index in [2.05, 4.69) is 36.2 Å². The molecule has 1 heterocycles. The van der Waals surface area contributed by atoms with Gasteiger partial charge in [-0.25, -0.2) is 4.98 Å². The Hall–Kier alpha value is -0.860. The van der Waals surface area contributed by atoms with Crippen LogP contribution in [0.25, 0.3) is 0 Å². The molecule has 0 amide bonds. The summed E-state index contributed by atoms with van der Waals surface area (Å²) < 4.78 is 0. The number of aromatic nitrogens is 1. The number of thiazole rings is 1. The normalized spacial score (nSPS) is 12.6. The van der Waals surface area contributed by atoms with Crippen molar-refractivity contribution in [3.8, 4) is 0 Å². The highest BCUT2D eigenvalue weighted by Gasteiger charge is 2.11. The average molecular weight is 266 g/mol. The number of alkyl halides is 1. The number of hydrogen-bond acceptors (Lipinski definition) is 2. The molecule has 17 heavy (non-hydrogen) atoms. The quantitative estimate of drug-likeness (QED) is 0.730. The molecule has 1 unspecified atom stereocenters. The molecule has 3 heteroatoms. The summed E-state index contributed by atoms with van der Waals surface area (Å²) in [6.45, 7) is 2.07. The Labute approximate surface area is 111 Å². The average Bonchev–Trinajstić information content (AvgIpc) is 2.77. The van der Waals surface area contributed by atoms with Gasteiger partial charge in [-0.15, -0.1) is 22.9 Å². The third-order valence-electron chi connectivity index (χ3n) is 3.02. The molecule has 1 aromatic carbocycles. The van der Waals surface area contributed by atoms with Gasteiger partial charge in [0.25, 0.3) is 0 Å². The Morgan fingerprint density at radius 1 is 1.29 bits per heavy atom. The van der Waals surface area contributed by atoms with Gasteiger partial charge in [0.15, 0.2) is 0 Å². The lowest BCUT2D eigenvalue weighted by molar-refractivity contribution is 0.688. The molecule has 0 N–H and O–H groups in total. The van der Waals surface area contributed by atoms with Gasteiger partial charge < -0.3 is 0 Å². The van der Waals surface area contributed by atoms with E-state index < -0.39 is 0 Å². The highest BCUT2D eigenvalue weighted by Crippen LogP contribution is 2.25. The third kappa shape index (κ3) is 3.30. The van der Waals surface area contributed by atoms with Gasteiger partial charge in [0.05, 0.1) is 11.2 Å². The molecule has 0 aliphatic heterocycles. The van der Waals surface area contributed by atoms with Crippen molar-refractivity contribution in [2.75, 3.05) is 5.88 Å². The first-order chi connectivity index (χ1) is 8.31. The van der Waals surface area contributed by atoms with E-state index in [4.69, 9.17) is 11.6 Å². The molecule has 0 aliphatic rings. The second kappa shape index (κ2) is 6.18. The summed E-state index contributed by atoms with van der Waals surface area (Å²) in [6.07, 6.45) is 2.17. The van der Waals surface area contributed by atoms with Gasteiger partial charge >= 0.3 is 0 Å². The summed E-state index contributed by atoms with van der Waals surface area (Å²) in [5.41, 5.74) is 4.42. The summed E-state index contributed by atoms with van der Waals surface area (Å²) in [6, 6.07) is 10.5. The van der Waals surface area contributed by atoms with Crippen LogP contribution in [0.15, 0.2) is 35.8 Å². The monoisotopic (exact) mass is 265 g/mol. The van der Waals surface area contributed by atoms with Crippen LogP contribution in [-0.2, 0) is 6.42 Å². The van der Waals surface area contributed by atoms with E-state index in [1.165, 1.54) is 10.4 Å². The lowest BCUT2D eigenvalue weighted by Gasteiger charge is -2.13. The van der Waals surface area contributed by atoms with Crippen LogP contribution in [0.3, 0.4) is 0 Å². The molecule has 1 aromatic heterocycles. The number of aryl methyl sites for hydroxylation is 2. The second-order valence-electron chi connectivity index (χ2n) is 4.16. The highest BCUT2D eigenvalue weighted by molar-refractivity contribution is 7.09. The number of hydrogen-bond donors (Lipinski definition) is 0. The molecule has 90 valence electrons. The summed E-state index contributed by atoms with van der Waals surface area (Å²) in [5.74, 6) is 1.13. The van der Waals surface area contributed by atoms with Gasteiger partial charge in [-0.2, -0.15) is 0 Å². The van der Waals surface area contributed by atoms with Gasteiger partial charge in [0, 0.05) is 10.8 Å². The van der Waals surface area contributed by atoms with Crippen LogP contribution in [0.4, 0.5) is 0 Å². The Kier molecular flexibility index (Phi) is 4.57. The minimum Gasteiger partial charge on any atom is -0.250 e. The second-order valence-corrected chi connectivity index (χ2v) is 5.41. The first-order valence-electron chi connectivity index (χ1n) is 5.81. The molecule has 2 aromatic rings. The number of nitrogens with zero attached hydrogens (tertiary/aromatic N) is 1. The lowest BCUT2D eigenvalue weighted by Crippen LogP contribution is -2.02. The Balaban J connectivity index is 1.99. The maximum atomic E-state index is 6.07. The third-order valence-corrected chi connectivity index (χ3v) is 4.39. The first-order valence-corrected chi connectivity index (χ1v) is 7.22. The van der Waals surface area contributed by atoms with E-state index in [0.29, 0.717) is 11.8 Å².